The average molecular weight is 264 g/mol. The molecule has 0 saturated heterocycles. The van der Waals surface area contributed by atoms with Gasteiger partial charge in [-0.25, -0.2) is 0 Å². The second kappa shape index (κ2) is 5.66. The number of aromatic nitrogens is 2. The van der Waals surface area contributed by atoms with Gasteiger partial charge in [0, 0.05) is 18.3 Å². The zero-order valence-corrected chi connectivity index (χ0v) is 12.0. The van der Waals surface area contributed by atoms with Gasteiger partial charge in [0.05, 0.1) is 5.69 Å². The minimum atomic E-state index is 0.469. The van der Waals surface area contributed by atoms with E-state index in [1.165, 1.54) is 19.3 Å². The molecular weight excluding hydrogens is 244 g/mol. The molecule has 0 aromatic carbocycles. The molecule has 2 atom stereocenters. The minimum absolute atomic E-state index is 0.469. The fourth-order valence-corrected chi connectivity index (χ4v) is 3.84. The molecule has 1 aliphatic rings. The Morgan fingerprint density at radius 2 is 2.33 bits per heavy atom. The number of thioether (sulfide) groups is 1. The molecule has 1 aromatic rings. The van der Waals surface area contributed by atoms with E-state index in [-0.39, 0.29) is 0 Å². The van der Waals surface area contributed by atoms with Crippen LogP contribution in [0.1, 0.15) is 37.4 Å². The SMILES string of the molecule is CCSC1CCCC1Nc1c(C#N)c(C)nn1C. The van der Waals surface area contributed by atoms with Crippen LogP contribution in [0.3, 0.4) is 0 Å². The van der Waals surface area contributed by atoms with Crippen molar-refractivity contribution in [1.82, 2.24) is 9.78 Å². The number of rotatable bonds is 4. The molecule has 0 amide bonds. The molecule has 4 nitrogen and oxygen atoms in total. The summed E-state index contributed by atoms with van der Waals surface area (Å²) in [7, 11) is 1.90. The third-order valence-corrected chi connectivity index (χ3v) is 4.82. The van der Waals surface area contributed by atoms with Gasteiger partial charge in [-0.05, 0) is 25.5 Å². The summed E-state index contributed by atoms with van der Waals surface area (Å²) in [6, 6.07) is 2.72. The average Bonchev–Trinajstić information content (AvgIpc) is 2.86. The van der Waals surface area contributed by atoms with Crippen molar-refractivity contribution in [3.05, 3.63) is 11.3 Å². The summed E-state index contributed by atoms with van der Waals surface area (Å²) < 4.78 is 1.79. The lowest BCUT2D eigenvalue weighted by Gasteiger charge is -2.21. The predicted molar refractivity (Wildman–Crippen MR) is 75.8 cm³/mol. The van der Waals surface area contributed by atoms with E-state index in [4.69, 9.17) is 0 Å². The Labute approximate surface area is 113 Å². The third-order valence-electron chi connectivity index (χ3n) is 3.49. The van der Waals surface area contributed by atoms with Crippen LogP contribution in [0.5, 0.6) is 0 Å². The Hall–Kier alpha value is -1.15. The van der Waals surface area contributed by atoms with Crippen LogP contribution in [0, 0.1) is 18.3 Å². The van der Waals surface area contributed by atoms with Gasteiger partial charge in [0.25, 0.3) is 0 Å². The second-order valence-corrected chi connectivity index (χ2v) is 6.24. The standard InChI is InChI=1S/C13H20N4S/c1-4-18-12-7-5-6-11(12)15-13-10(8-14)9(2)16-17(13)3/h11-12,15H,4-7H2,1-3H3. The van der Waals surface area contributed by atoms with Crippen LogP contribution in [0.4, 0.5) is 5.82 Å². The fourth-order valence-electron chi connectivity index (χ4n) is 2.64. The van der Waals surface area contributed by atoms with Crippen molar-refractivity contribution >= 4 is 17.6 Å². The second-order valence-electron chi connectivity index (χ2n) is 4.72. The molecule has 0 bridgehead atoms. The molecule has 0 spiro atoms. The third kappa shape index (κ3) is 2.49. The van der Waals surface area contributed by atoms with Crippen molar-refractivity contribution in [3.8, 4) is 6.07 Å². The Morgan fingerprint density at radius 3 is 3.00 bits per heavy atom. The molecule has 1 aromatic heterocycles. The molecule has 1 saturated carbocycles. The number of nitrogens with one attached hydrogen (secondary N) is 1. The first kappa shape index (κ1) is 13.3. The van der Waals surface area contributed by atoms with Crippen LogP contribution in [-0.4, -0.2) is 26.8 Å². The summed E-state index contributed by atoms with van der Waals surface area (Å²) in [6.07, 6.45) is 3.73. The summed E-state index contributed by atoms with van der Waals surface area (Å²) >= 11 is 2.02. The van der Waals surface area contributed by atoms with E-state index < -0.39 is 0 Å². The molecule has 1 fully saturated rings. The van der Waals surface area contributed by atoms with Gasteiger partial charge in [-0.2, -0.15) is 22.1 Å². The molecule has 5 heteroatoms. The summed E-state index contributed by atoms with van der Waals surface area (Å²) in [5.74, 6) is 2.03. The number of nitriles is 1. The van der Waals surface area contributed by atoms with Crippen LogP contribution in [0.15, 0.2) is 0 Å². The summed E-state index contributed by atoms with van der Waals surface area (Å²) in [5.41, 5.74) is 1.49. The first-order chi connectivity index (χ1) is 8.67. The zero-order valence-electron chi connectivity index (χ0n) is 11.2. The van der Waals surface area contributed by atoms with E-state index >= 15 is 0 Å². The summed E-state index contributed by atoms with van der Waals surface area (Å²) in [4.78, 5) is 0. The smallest absolute Gasteiger partial charge is 0.142 e. The van der Waals surface area contributed by atoms with Crippen molar-refractivity contribution in [2.45, 2.75) is 44.4 Å². The van der Waals surface area contributed by atoms with Crippen LogP contribution < -0.4 is 5.32 Å². The van der Waals surface area contributed by atoms with Gasteiger partial charge in [0.15, 0.2) is 0 Å². The maximum Gasteiger partial charge on any atom is 0.142 e. The van der Waals surface area contributed by atoms with Crippen LogP contribution in [0.2, 0.25) is 0 Å². The van der Waals surface area contributed by atoms with Crippen LogP contribution in [-0.2, 0) is 7.05 Å². The van der Waals surface area contributed by atoms with Crippen LogP contribution >= 0.6 is 11.8 Å². The zero-order chi connectivity index (χ0) is 13.1. The molecule has 2 unspecified atom stereocenters. The highest BCUT2D eigenvalue weighted by molar-refractivity contribution is 7.99. The summed E-state index contributed by atoms with van der Waals surface area (Å²) in [5, 5.41) is 17.7. The molecule has 98 valence electrons. The van der Waals surface area contributed by atoms with Crippen LogP contribution in [0.25, 0.3) is 0 Å². The molecule has 1 aliphatic carbocycles. The molecular formula is C13H20N4S. The largest absolute Gasteiger partial charge is 0.365 e. The van der Waals surface area contributed by atoms with Gasteiger partial charge in [-0.3, -0.25) is 4.68 Å². The van der Waals surface area contributed by atoms with E-state index in [0.29, 0.717) is 16.9 Å². The summed E-state index contributed by atoms with van der Waals surface area (Å²) in [6.45, 7) is 4.09. The monoisotopic (exact) mass is 264 g/mol. The van der Waals surface area contributed by atoms with E-state index in [9.17, 15) is 5.26 Å². The van der Waals surface area contributed by atoms with Crippen molar-refractivity contribution in [3.63, 3.8) is 0 Å². The first-order valence-corrected chi connectivity index (χ1v) is 7.54. The fraction of sp³-hybridized carbons (Fsp3) is 0.692. The number of hydrogen-bond donors (Lipinski definition) is 1. The van der Waals surface area contributed by atoms with Gasteiger partial charge >= 0.3 is 0 Å². The lowest BCUT2D eigenvalue weighted by atomic mass is 10.2. The Kier molecular flexibility index (Phi) is 4.18. The van der Waals surface area contributed by atoms with Gasteiger partial charge < -0.3 is 5.32 Å². The van der Waals surface area contributed by atoms with Gasteiger partial charge in [-0.1, -0.05) is 13.3 Å². The van der Waals surface area contributed by atoms with Crippen molar-refractivity contribution in [2.75, 3.05) is 11.1 Å². The number of nitrogens with zero attached hydrogens (tertiary/aromatic N) is 3. The highest BCUT2D eigenvalue weighted by atomic mass is 32.2. The van der Waals surface area contributed by atoms with Gasteiger partial charge in [0.2, 0.25) is 0 Å². The first-order valence-electron chi connectivity index (χ1n) is 6.49. The van der Waals surface area contributed by atoms with Crippen molar-refractivity contribution < 1.29 is 0 Å². The highest BCUT2D eigenvalue weighted by Crippen LogP contribution is 2.32. The number of hydrogen-bond acceptors (Lipinski definition) is 4. The molecule has 18 heavy (non-hydrogen) atoms. The number of anilines is 1. The number of aryl methyl sites for hydroxylation is 2. The molecule has 1 heterocycles. The molecule has 2 rings (SSSR count). The predicted octanol–water partition coefficient (Wildman–Crippen LogP) is 2.69. The molecule has 0 aliphatic heterocycles. The van der Waals surface area contributed by atoms with E-state index in [2.05, 4.69) is 23.4 Å². The minimum Gasteiger partial charge on any atom is -0.365 e. The molecule has 0 radical (unpaired) electrons. The quantitative estimate of drug-likeness (QED) is 0.908. The van der Waals surface area contributed by atoms with Crippen molar-refractivity contribution in [2.24, 2.45) is 7.05 Å². The maximum atomic E-state index is 9.21. The lowest BCUT2D eigenvalue weighted by Crippen LogP contribution is -2.27. The normalized spacial score (nSPS) is 23.0. The lowest BCUT2D eigenvalue weighted by molar-refractivity contribution is 0.714. The Morgan fingerprint density at radius 1 is 1.56 bits per heavy atom. The van der Waals surface area contributed by atoms with Gasteiger partial charge in [-0.15, -0.1) is 0 Å². The molecule has 1 N–H and O–H groups in total. The Bertz CT molecular complexity index is 460. The maximum absolute atomic E-state index is 9.21. The van der Waals surface area contributed by atoms with Gasteiger partial charge in [0.1, 0.15) is 17.5 Å². The van der Waals surface area contributed by atoms with E-state index in [1.54, 1.807) is 4.68 Å². The highest BCUT2D eigenvalue weighted by Gasteiger charge is 2.28. The Balaban J connectivity index is 2.16. The topological polar surface area (TPSA) is 53.6 Å². The van der Waals surface area contributed by atoms with Crippen molar-refractivity contribution in [1.29, 1.82) is 5.26 Å². The van der Waals surface area contributed by atoms with E-state index in [1.807, 2.05) is 25.7 Å². The van der Waals surface area contributed by atoms with E-state index in [0.717, 1.165) is 17.3 Å².